The van der Waals surface area contributed by atoms with Crippen LogP contribution in [0.25, 0.3) is 0 Å². The second kappa shape index (κ2) is 4.57. The van der Waals surface area contributed by atoms with Crippen LogP contribution in [0.5, 0.6) is 5.75 Å². The van der Waals surface area contributed by atoms with E-state index in [0.717, 1.165) is 36.3 Å². The van der Waals surface area contributed by atoms with Gasteiger partial charge in [0.05, 0.1) is 19.4 Å². The zero-order valence-corrected chi connectivity index (χ0v) is 10.9. The first kappa shape index (κ1) is 12.0. The lowest BCUT2D eigenvalue weighted by Crippen LogP contribution is -2.24. The molecule has 1 saturated carbocycles. The molecule has 100 valence electrons. The van der Waals surface area contributed by atoms with Gasteiger partial charge in [-0.05, 0) is 31.0 Å². The van der Waals surface area contributed by atoms with Gasteiger partial charge in [0.25, 0.3) is 0 Å². The van der Waals surface area contributed by atoms with E-state index in [2.05, 4.69) is 5.10 Å². The van der Waals surface area contributed by atoms with E-state index in [1.807, 2.05) is 18.2 Å². The third-order valence-corrected chi connectivity index (χ3v) is 3.55. The molecule has 19 heavy (non-hydrogen) atoms. The molecule has 1 amide bonds. The fourth-order valence-corrected chi connectivity index (χ4v) is 2.26. The van der Waals surface area contributed by atoms with Gasteiger partial charge in [-0.1, -0.05) is 0 Å². The zero-order valence-electron chi connectivity index (χ0n) is 10.9. The van der Waals surface area contributed by atoms with Gasteiger partial charge < -0.3 is 10.5 Å². The Morgan fingerprint density at radius 3 is 2.95 bits per heavy atom. The Kier molecular flexibility index (Phi) is 2.89. The van der Waals surface area contributed by atoms with Crippen LogP contribution >= 0.6 is 0 Å². The molecule has 1 aromatic rings. The smallest absolute Gasteiger partial charge is 0.245 e. The number of hydrogen-bond donors (Lipinski definition) is 1. The Morgan fingerprint density at radius 2 is 2.26 bits per heavy atom. The van der Waals surface area contributed by atoms with Crippen LogP contribution in [0.1, 0.15) is 24.8 Å². The molecule has 0 unspecified atom stereocenters. The Bertz CT molecular complexity index is 550. The van der Waals surface area contributed by atoms with Gasteiger partial charge in [0, 0.05) is 23.6 Å². The number of hydrazone groups is 1. The first-order chi connectivity index (χ1) is 9.19. The number of anilines is 1. The minimum atomic E-state index is 0.150. The number of ether oxygens (including phenoxy) is 1. The molecule has 1 fully saturated rings. The minimum absolute atomic E-state index is 0.150. The second-order valence-electron chi connectivity index (χ2n) is 4.99. The van der Waals surface area contributed by atoms with Crippen molar-refractivity contribution in [1.82, 2.24) is 5.01 Å². The Hall–Kier alpha value is -2.04. The molecule has 1 aromatic carbocycles. The van der Waals surface area contributed by atoms with Gasteiger partial charge in [-0.2, -0.15) is 5.10 Å². The highest BCUT2D eigenvalue weighted by atomic mass is 16.5. The van der Waals surface area contributed by atoms with E-state index in [4.69, 9.17) is 10.5 Å². The Morgan fingerprint density at radius 1 is 1.47 bits per heavy atom. The highest BCUT2D eigenvalue weighted by molar-refractivity contribution is 6.06. The molecule has 2 N–H and O–H groups in total. The van der Waals surface area contributed by atoms with Crippen LogP contribution in [0.4, 0.5) is 5.69 Å². The van der Waals surface area contributed by atoms with Gasteiger partial charge in [-0.15, -0.1) is 0 Å². The molecular formula is C14H17N3O2. The number of nitrogen functional groups attached to an aromatic ring is 1. The molecule has 1 aliphatic carbocycles. The average Bonchev–Trinajstić information content (AvgIpc) is 3.16. The summed E-state index contributed by atoms with van der Waals surface area (Å²) in [6.45, 7) is 0.654. The lowest BCUT2D eigenvalue weighted by molar-refractivity contribution is -0.132. The SMILES string of the molecule is COc1ccc(N)c(C2=NN(C(=O)C3CC3)CC2)c1. The van der Waals surface area contributed by atoms with E-state index in [1.165, 1.54) is 0 Å². The number of hydrogen-bond acceptors (Lipinski definition) is 4. The van der Waals surface area contributed by atoms with Gasteiger partial charge >= 0.3 is 0 Å². The molecule has 1 aliphatic heterocycles. The summed E-state index contributed by atoms with van der Waals surface area (Å²) in [4.78, 5) is 12.0. The lowest BCUT2D eigenvalue weighted by Gasteiger charge is -2.10. The molecule has 1 heterocycles. The normalized spacial score (nSPS) is 18.4. The number of benzene rings is 1. The minimum Gasteiger partial charge on any atom is -0.497 e. The van der Waals surface area contributed by atoms with Crippen molar-refractivity contribution in [2.24, 2.45) is 11.0 Å². The van der Waals surface area contributed by atoms with Gasteiger partial charge in [0.1, 0.15) is 5.75 Å². The summed E-state index contributed by atoms with van der Waals surface area (Å²) in [6, 6.07) is 5.50. The van der Waals surface area contributed by atoms with Crippen molar-refractivity contribution in [2.45, 2.75) is 19.3 Å². The fourth-order valence-electron chi connectivity index (χ4n) is 2.26. The number of carbonyl (C=O) groups excluding carboxylic acids is 1. The molecule has 3 rings (SSSR count). The van der Waals surface area contributed by atoms with Crippen LogP contribution in [0, 0.1) is 5.92 Å². The zero-order chi connectivity index (χ0) is 13.4. The summed E-state index contributed by atoms with van der Waals surface area (Å²) in [7, 11) is 1.62. The number of methoxy groups -OCH3 is 1. The summed E-state index contributed by atoms with van der Waals surface area (Å²) in [5, 5.41) is 6.01. The molecular weight excluding hydrogens is 242 g/mol. The largest absolute Gasteiger partial charge is 0.497 e. The summed E-state index contributed by atoms with van der Waals surface area (Å²) in [5.41, 5.74) is 8.38. The first-order valence-electron chi connectivity index (χ1n) is 6.52. The predicted molar refractivity (Wildman–Crippen MR) is 73.0 cm³/mol. The van der Waals surface area contributed by atoms with E-state index in [-0.39, 0.29) is 11.8 Å². The van der Waals surface area contributed by atoms with Crippen molar-refractivity contribution in [2.75, 3.05) is 19.4 Å². The third-order valence-electron chi connectivity index (χ3n) is 3.55. The second-order valence-corrected chi connectivity index (χ2v) is 4.99. The summed E-state index contributed by atoms with van der Waals surface area (Å²) >= 11 is 0. The molecule has 0 aromatic heterocycles. The maximum Gasteiger partial charge on any atom is 0.245 e. The quantitative estimate of drug-likeness (QED) is 0.839. The number of rotatable bonds is 3. The van der Waals surface area contributed by atoms with Gasteiger partial charge in [0.2, 0.25) is 5.91 Å². The molecule has 0 atom stereocenters. The van der Waals surface area contributed by atoms with Crippen LogP contribution in [-0.4, -0.2) is 30.3 Å². The monoisotopic (exact) mass is 259 g/mol. The molecule has 0 radical (unpaired) electrons. The predicted octanol–water partition coefficient (Wildman–Crippen LogP) is 1.62. The van der Waals surface area contributed by atoms with E-state index in [9.17, 15) is 4.79 Å². The molecule has 5 nitrogen and oxygen atoms in total. The van der Waals surface area contributed by atoms with Crippen molar-refractivity contribution in [1.29, 1.82) is 0 Å². The number of amides is 1. The van der Waals surface area contributed by atoms with Crippen LogP contribution in [0.2, 0.25) is 0 Å². The fraction of sp³-hybridized carbons (Fsp3) is 0.429. The average molecular weight is 259 g/mol. The summed E-state index contributed by atoms with van der Waals surface area (Å²) < 4.78 is 5.20. The van der Waals surface area contributed by atoms with E-state index >= 15 is 0 Å². The van der Waals surface area contributed by atoms with Crippen molar-refractivity contribution >= 4 is 17.3 Å². The van der Waals surface area contributed by atoms with Crippen LogP contribution in [-0.2, 0) is 4.79 Å². The highest BCUT2D eigenvalue weighted by Crippen LogP contribution is 2.32. The highest BCUT2D eigenvalue weighted by Gasteiger charge is 2.35. The maximum atomic E-state index is 12.0. The van der Waals surface area contributed by atoms with E-state index in [0.29, 0.717) is 12.2 Å². The Balaban J connectivity index is 1.86. The van der Waals surface area contributed by atoms with Gasteiger partial charge in [0.15, 0.2) is 0 Å². The van der Waals surface area contributed by atoms with E-state index in [1.54, 1.807) is 12.1 Å². The molecule has 5 heteroatoms. The van der Waals surface area contributed by atoms with E-state index < -0.39 is 0 Å². The maximum absolute atomic E-state index is 12.0. The number of carbonyl (C=O) groups is 1. The van der Waals surface area contributed by atoms with Crippen LogP contribution in [0.15, 0.2) is 23.3 Å². The van der Waals surface area contributed by atoms with Gasteiger partial charge in [-0.25, -0.2) is 5.01 Å². The molecule has 0 saturated heterocycles. The number of nitrogens with two attached hydrogens (primary N) is 1. The van der Waals surface area contributed by atoms with Crippen molar-refractivity contribution in [3.8, 4) is 5.75 Å². The van der Waals surface area contributed by atoms with Crippen molar-refractivity contribution < 1.29 is 9.53 Å². The number of nitrogens with zero attached hydrogens (tertiary/aromatic N) is 2. The Labute approximate surface area is 112 Å². The first-order valence-corrected chi connectivity index (χ1v) is 6.52. The summed E-state index contributed by atoms with van der Waals surface area (Å²) in [5.74, 6) is 1.10. The van der Waals surface area contributed by atoms with Crippen LogP contribution in [0.3, 0.4) is 0 Å². The molecule has 0 spiro atoms. The van der Waals surface area contributed by atoms with Crippen molar-refractivity contribution in [3.63, 3.8) is 0 Å². The summed E-state index contributed by atoms with van der Waals surface area (Å²) in [6.07, 6.45) is 2.75. The van der Waals surface area contributed by atoms with Crippen molar-refractivity contribution in [3.05, 3.63) is 23.8 Å². The molecule has 0 bridgehead atoms. The topological polar surface area (TPSA) is 67.9 Å². The molecule has 2 aliphatic rings. The van der Waals surface area contributed by atoms with Gasteiger partial charge in [-0.3, -0.25) is 4.79 Å². The van der Waals surface area contributed by atoms with Crippen LogP contribution < -0.4 is 10.5 Å². The third kappa shape index (κ3) is 2.28. The standard InChI is InChI=1S/C14H17N3O2/c1-19-10-4-5-12(15)11(8-10)13-6-7-17(16-13)14(18)9-2-3-9/h4-5,8-9H,2-3,6-7,15H2,1H3. The lowest BCUT2D eigenvalue weighted by atomic mass is 10.1.